The molecule has 6 atom stereocenters. The summed E-state index contributed by atoms with van der Waals surface area (Å²) in [5.41, 5.74) is 0.753. The van der Waals surface area contributed by atoms with E-state index in [4.69, 9.17) is 24.1 Å². The second-order valence-corrected chi connectivity index (χ2v) is 10.4. The number of aromatic carboxylic acids is 1. The molecule has 10 nitrogen and oxygen atoms in total. The average Bonchev–Trinajstić information content (AvgIpc) is 3.60. The van der Waals surface area contributed by atoms with Crippen LogP contribution in [0.3, 0.4) is 0 Å². The molecule has 0 radical (unpaired) electrons. The van der Waals surface area contributed by atoms with Crippen LogP contribution < -0.4 is 0 Å². The first kappa shape index (κ1) is 23.3. The van der Waals surface area contributed by atoms with Crippen molar-refractivity contribution in [2.75, 3.05) is 26.8 Å². The van der Waals surface area contributed by atoms with Gasteiger partial charge in [0.15, 0.2) is 0 Å². The van der Waals surface area contributed by atoms with Crippen LogP contribution in [0.2, 0.25) is 0 Å². The molecule has 0 aromatic carbocycles. The standard InChI is InChI=1S/C24H33N3O7/c1-14(2)5-6-18-23(3,34-18)20-19(31-4)17(7-8-24(20)13-32-24)33-22(30)26-11-16(12-26)27-10-15(9-25-27)21(28)29/h5,9-10,16-20H,6-8,11-13H2,1-4H3,(H,28,29)/t17-,18?,19-,20-,23+,24+/m1/s1. The number of likely N-dealkylation sites (tertiary alicyclic amines) is 1. The summed E-state index contributed by atoms with van der Waals surface area (Å²) in [6, 6.07) is -0.0595. The fourth-order valence-corrected chi connectivity index (χ4v) is 5.69. The number of hydrogen-bond acceptors (Lipinski definition) is 7. The largest absolute Gasteiger partial charge is 0.478 e. The lowest BCUT2D eigenvalue weighted by Crippen LogP contribution is -2.57. The minimum atomic E-state index is -1.02. The minimum Gasteiger partial charge on any atom is -0.478 e. The van der Waals surface area contributed by atoms with Crippen LogP contribution in [0.1, 0.15) is 56.4 Å². The number of carbonyl (C=O) groups is 2. The van der Waals surface area contributed by atoms with E-state index in [0.717, 1.165) is 12.8 Å². The molecule has 10 heteroatoms. The van der Waals surface area contributed by atoms with Crippen molar-refractivity contribution in [2.24, 2.45) is 5.92 Å². The van der Waals surface area contributed by atoms with Gasteiger partial charge in [0.05, 0.1) is 36.4 Å². The highest BCUT2D eigenvalue weighted by atomic mass is 16.6. The molecule has 1 unspecified atom stereocenters. The molecule has 0 bridgehead atoms. The molecular formula is C24H33N3O7. The fraction of sp³-hybridized carbons (Fsp3) is 0.708. The number of methoxy groups -OCH3 is 1. The van der Waals surface area contributed by atoms with Crippen molar-refractivity contribution in [3.8, 4) is 0 Å². The number of ether oxygens (including phenoxy) is 4. The van der Waals surface area contributed by atoms with E-state index in [1.54, 1.807) is 16.7 Å². The number of carboxylic acids is 1. The summed E-state index contributed by atoms with van der Waals surface area (Å²) in [5.74, 6) is -1.04. The van der Waals surface area contributed by atoms with Crippen LogP contribution in [0.5, 0.6) is 0 Å². The molecule has 34 heavy (non-hydrogen) atoms. The number of amides is 1. The van der Waals surface area contributed by atoms with E-state index >= 15 is 0 Å². The van der Waals surface area contributed by atoms with Crippen LogP contribution in [0, 0.1) is 5.92 Å². The van der Waals surface area contributed by atoms with E-state index < -0.39 is 5.97 Å². The first-order valence-electron chi connectivity index (χ1n) is 11.9. The van der Waals surface area contributed by atoms with Gasteiger partial charge in [0, 0.05) is 26.4 Å². The Morgan fingerprint density at radius 3 is 2.68 bits per heavy atom. The Balaban J connectivity index is 1.22. The van der Waals surface area contributed by atoms with Gasteiger partial charge in [-0.2, -0.15) is 5.10 Å². The second kappa shape index (κ2) is 8.35. The summed E-state index contributed by atoms with van der Waals surface area (Å²) in [6.45, 7) is 7.81. The third-order valence-electron chi connectivity index (χ3n) is 7.83. The Hall–Kier alpha value is -2.43. The van der Waals surface area contributed by atoms with Crippen molar-refractivity contribution in [1.82, 2.24) is 14.7 Å². The van der Waals surface area contributed by atoms with Crippen molar-refractivity contribution in [2.45, 2.75) is 75.6 Å². The van der Waals surface area contributed by atoms with Gasteiger partial charge in [0.1, 0.15) is 23.4 Å². The number of carboxylic acid groups (broad SMARTS) is 1. The van der Waals surface area contributed by atoms with Gasteiger partial charge in [-0.3, -0.25) is 4.68 Å². The third kappa shape index (κ3) is 4.01. The van der Waals surface area contributed by atoms with Gasteiger partial charge in [-0.25, -0.2) is 9.59 Å². The van der Waals surface area contributed by atoms with Crippen LogP contribution in [0.4, 0.5) is 4.79 Å². The van der Waals surface area contributed by atoms with E-state index in [9.17, 15) is 9.59 Å². The quantitative estimate of drug-likeness (QED) is 0.472. The fourth-order valence-electron chi connectivity index (χ4n) is 5.69. The molecule has 1 spiro atoms. The lowest BCUT2D eigenvalue weighted by molar-refractivity contribution is -0.124. The van der Waals surface area contributed by atoms with E-state index in [1.807, 2.05) is 0 Å². The van der Waals surface area contributed by atoms with Gasteiger partial charge in [-0.1, -0.05) is 11.6 Å². The zero-order valence-corrected chi connectivity index (χ0v) is 20.1. The van der Waals surface area contributed by atoms with E-state index in [0.29, 0.717) is 26.1 Å². The molecule has 1 amide bonds. The molecule has 1 aromatic heterocycles. The number of nitrogens with zero attached hydrogens (tertiary/aromatic N) is 3. The van der Waals surface area contributed by atoms with Gasteiger partial charge < -0.3 is 29.0 Å². The van der Waals surface area contributed by atoms with Crippen molar-refractivity contribution in [3.05, 3.63) is 29.6 Å². The van der Waals surface area contributed by atoms with E-state index in [2.05, 4.69) is 31.9 Å². The zero-order valence-electron chi connectivity index (χ0n) is 20.1. The molecule has 4 fully saturated rings. The number of hydrogen-bond donors (Lipinski definition) is 1. The first-order chi connectivity index (χ1) is 16.2. The van der Waals surface area contributed by atoms with Gasteiger partial charge in [0.25, 0.3) is 0 Å². The second-order valence-electron chi connectivity index (χ2n) is 10.4. The molecule has 1 aliphatic carbocycles. The summed E-state index contributed by atoms with van der Waals surface area (Å²) < 4.78 is 25.6. The van der Waals surface area contributed by atoms with E-state index in [-0.39, 0.29) is 53.1 Å². The predicted octanol–water partition coefficient (Wildman–Crippen LogP) is 2.65. The summed E-state index contributed by atoms with van der Waals surface area (Å²) in [4.78, 5) is 25.6. The van der Waals surface area contributed by atoms with Crippen LogP contribution in [-0.4, -0.2) is 88.2 Å². The molecule has 1 aromatic rings. The summed E-state index contributed by atoms with van der Waals surface area (Å²) in [6.07, 6.45) is 6.33. The maximum absolute atomic E-state index is 12.9. The maximum atomic E-state index is 12.9. The zero-order chi connectivity index (χ0) is 24.3. The van der Waals surface area contributed by atoms with E-state index in [1.165, 1.54) is 18.0 Å². The lowest BCUT2D eigenvalue weighted by Gasteiger charge is -2.44. The molecule has 1 saturated carbocycles. The van der Waals surface area contributed by atoms with Crippen LogP contribution >= 0.6 is 0 Å². The molecule has 4 heterocycles. The van der Waals surface area contributed by atoms with Crippen LogP contribution in [-0.2, 0) is 18.9 Å². The smallest absolute Gasteiger partial charge is 0.410 e. The van der Waals surface area contributed by atoms with Crippen molar-refractivity contribution in [3.63, 3.8) is 0 Å². The number of allylic oxidation sites excluding steroid dienone is 1. The van der Waals surface area contributed by atoms with Crippen molar-refractivity contribution >= 4 is 12.1 Å². The Labute approximate surface area is 198 Å². The summed E-state index contributed by atoms with van der Waals surface area (Å²) in [7, 11) is 1.66. The van der Waals surface area contributed by atoms with Gasteiger partial charge >= 0.3 is 12.1 Å². The molecule has 186 valence electrons. The Kier molecular flexibility index (Phi) is 5.73. The van der Waals surface area contributed by atoms with Crippen LogP contribution in [0.25, 0.3) is 0 Å². The van der Waals surface area contributed by atoms with Gasteiger partial charge in [-0.05, 0) is 40.0 Å². The van der Waals surface area contributed by atoms with Gasteiger partial charge in [-0.15, -0.1) is 0 Å². The Morgan fingerprint density at radius 1 is 1.35 bits per heavy atom. The van der Waals surface area contributed by atoms with Gasteiger partial charge in [0.2, 0.25) is 0 Å². The third-order valence-corrected chi connectivity index (χ3v) is 7.83. The maximum Gasteiger partial charge on any atom is 0.410 e. The molecule has 1 N–H and O–H groups in total. The van der Waals surface area contributed by atoms with Crippen molar-refractivity contribution < 1.29 is 33.6 Å². The Bertz CT molecular complexity index is 992. The number of aromatic nitrogens is 2. The molecular weight excluding hydrogens is 442 g/mol. The number of rotatable bonds is 7. The monoisotopic (exact) mass is 475 g/mol. The summed E-state index contributed by atoms with van der Waals surface area (Å²) >= 11 is 0. The highest BCUT2D eigenvalue weighted by Crippen LogP contribution is 2.59. The van der Waals surface area contributed by atoms with Crippen molar-refractivity contribution in [1.29, 1.82) is 0 Å². The van der Waals surface area contributed by atoms with Crippen LogP contribution in [0.15, 0.2) is 24.0 Å². The predicted molar refractivity (Wildman–Crippen MR) is 120 cm³/mol. The average molecular weight is 476 g/mol. The highest BCUT2D eigenvalue weighted by Gasteiger charge is 2.72. The lowest BCUT2D eigenvalue weighted by atomic mass is 9.68. The Morgan fingerprint density at radius 2 is 2.09 bits per heavy atom. The first-order valence-corrected chi connectivity index (χ1v) is 11.9. The number of epoxide rings is 2. The highest BCUT2D eigenvalue weighted by molar-refractivity contribution is 5.86. The normalized spacial score (nSPS) is 36.6. The molecule has 5 rings (SSSR count). The minimum absolute atomic E-state index is 0.0187. The molecule has 4 aliphatic rings. The SMILES string of the molecule is CO[C@@H]1[C@H](OC(=O)N2CC(n3cc(C(=O)O)cn3)C2)CC[C@]2(CO2)[C@H]1[C@@]1(C)OC1CC=C(C)C. The number of carbonyl (C=O) groups excluding carboxylic acids is 1. The topological polar surface area (TPSA) is 119 Å². The molecule has 3 saturated heterocycles. The molecule has 3 aliphatic heterocycles. The summed E-state index contributed by atoms with van der Waals surface area (Å²) in [5, 5.41) is 13.2.